The standard InChI is InChI=1S/C19H20BrN3O2S/c1-12(2)11-17(24)21-13-7-9-14(10-8-13)22-19(26)23-18(25)15-5-3-4-6-16(15)20/h3-10,12H,11H2,1-2H3,(H,21,24)(H2,22,23,25,26). The van der Waals surface area contributed by atoms with Crippen molar-refractivity contribution in [3.63, 3.8) is 0 Å². The summed E-state index contributed by atoms with van der Waals surface area (Å²) in [5.41, 5.74) is 1.92. The highest BCUT2D eigenvalue weighted by Gasteiger charge is 2.11. The minimum absolute atomic E-state index is 0.0167. The molecule has 0 fully saturated rings. The summed E-state index contributed by atoms with van der Waals surface area (Å²) in [6, 6.07) is 14.2. The van der Waals surface area contributed by atoms with Crippen LogP contribution >= 0.6 is 28.1 Å². The molecule has 5 nitrogen and oxygen atoms in total. The third kappa shape index (κ3) is 6.24. The van der Waals surface area contributed by atoms with Crippen LogP contribution in [0.2, 0.25) is 0 Å². The lowest BCUT2D eigenvalue weighted by Crippen LogP contribution is -2.34. The van der Waals surface area contributed by atoms with Crippen LogP contribution in [0.15, 0.2) is 53.0 Å². The molecule has 2 rings (SSSR count). The second-order valence-corrected chi connectivity index (χ2v) is 7.37. The predicted octanol–water partition coefficient (Wildman–Crippen LogP) is 4.56. The Hall–Kier alpha value is -2.25. The fourth-order valence-electron chi connectivity index (χ4n) is 2.20. The highest BCUT2D eigenvalue weighted by atomic mass is 79.9. The van der Waals surface area contributed by atoms with Crippen LogP contribution in [0.4, 0.5) is 11.4 Å². The van der Waals surface area contributed by atoms with E-state index in [1.807, 2.05) is 19.9 Å². The molecule has 0 saturated heterocycles. The van der Waals surface area contributed by atoms with E-state index in [0.29, 0.717) is 33.7 Å². The molecule has 136 valence electrons. The molecule has 0 aliphatic rings. The van der Waals surface area contributed by atoms with E-state index in [0.717, 1.165) is 0 Å². The Kier molecular flexibility index (Phi) is 7.29. The monoisotopic (exact) mass is 433 g/mol. The largest absolute Gasteiger partial charge is 0.332 e. The van der Waals surface area contributed by atoms with Gasteiger partial charge in [-0.2, -0.15) is 0 Å². The number of carbonyl (C=O) groups excluding carboxylic acids is 2. The maximum absolute atomic E-state index is 12.2. The first-order valence-electron chi connectivity index (χ1n) is 8.12. The van der Waals surface area contributed by atoms with Crippen molar-refractivity contribution < 1.29 is 9.59 Å². The number of nitrogens with one attached hydrogen (secondary N) is 3. The summed E-state index contributed by atoms with van der Waals surface area (Å²) in [6.45, 7) is 3.99. The predicted molar refractivity (Wildman–Crippen MR) is 112 cm³/mol. The van der Waals surface area contributed by atoms with Gasteiger partial charge < -0.3 is 10.6 Å². The summed E-state index contributed by atoms with van der Waals surface area (Å²) in [7, 11) is 0. The van der Waals surface area contributed by atoms with Gasteiger partial charge in [0.2, 0.25) is 5.91 Å². The lowest BCUT2D eigenvalue weighted by molar-refractivity contribution is -0.116. The van der Waals surface area contributed by atoms with E-state index < -0.39 is 0 Å². The Morgan fingerprint density at radius 1 is 1.00 bits per heavy atom. The maximum Gasteiger partial charge on any atom is 0.258 e. The molecule has 0 bridgehead atoms. The maximum atomic E-state index is 12.2. The lowest BCUT2D eigenvalue weighted by atomic mass is 10.1. The second-order valence-electron chi connectivity index (χ2n) is 6.11. The molecule has 2 aromatic rings. The fraction of sp³-hybridized carbons (Fsp3) is 0.211. The van der Waals surface area contributed by atoms with Crippen LogP contribution in [0, 0.1) is 5.92 Å². The molecule has 0 radical (unpaired) electrons. The number of rotatable bonds is 5. The molecule has 0 aliphatic heterocycles. The van der Waals surface area contributed by atoms with Crippen LogP contribution in [-0.2, 0) is 4.79 Å². The zero-order chi connectivity index (χ0) is 19.1. The molecule has 0 aromatic heterocycles. The van der Waals surface area contributed by atoms with E-state index in [4.69, 9.17) is 12.2 Å². The van der Waals surface area contributed by atoms with E-state index >= 15 is 0 Å². The zero-order valence-electron chi connectivity index (χ0n) is 14.5. The van der Waals surface area contributed by atoms with Gasteiger partial charge >= 0.3 is 0 Å². The van der Waals surface area contributed by atoms with Crippen LogP contribution < -0.4 is 16.0 Å². The van der Waals surface area contributed by atoms with Crippen molar-refractivity contribution in [2.24, 2.45) is 5.92 Å². The molecule has 0 saturated carbocycles. The number of carbonyl (C=O) groups is 2. The lowest BCUT2D eigenvalue weighted by Gasteiger charge is -2.11. The molecule has 3 N–H and O–H groups in total. The zero-order valence-corrected chi connectivity index (χ0v) is 16.9. The summed E-state index contributed by atoms with van der Waals surface area (Å²) in [5, 5.41) is 8.62. The highest BCUT2D eigenvalue weighted by molar-refractivity contribution is 9.10. The summed E-state index contributed by atoms with van der Waals surface area (Å²) in [6.07, 6.45) is 0.477. The number of anilines is 2. The van der Waals surface area contributed by atoms with Crippen molar-refractivity contribution in [2.75, 3.05) is 10.6 Å². The van der Waals surface area contributed by atoms with E-state index in [1.54, 1.807) is 42.5 Å². The van der Waals surface area contributed by atoms with E-state index in [2.05, 4.69) is 31.9 Å². The van der Waals surface area contributed by atoms with E-state index in [9.17, 15) is 9.59 Å². The Morgan fingerprint density at radius 3 is 2.15 bits per heavy atom. The van der Waals surface area contributed by atoms with Crippen molar-refractivity contribution in [2.45, 2.75) is 20.3 Å². The Bertz CT molecular complexity index is 807. The molecule has 26 heavy (non-hydrogen) atoms. The van der Waals surface area contributed by atoms with E-state index in [-0.39, 0.29) is 16.9 Å². The molecular weight excluding hydrogens is 414 g/mol. The van der Waals surface area contributed by atoms with Crippen molar-refractivity contribution in [3.05, 3.63) is 58.6 Å². The van der Waals surface area contributed by atoms with Crippen molar-refractivity contribution in [1.82, 2.24) is 5.32 Å². The third-order valence-electron chi connectivity index (χ3n) is 3.37. The first-order chi connectivity index (χ1) is 12.3. The number of amides is 2. The van der Waals surface area contributed by atoms with Gasteiger partial charge in [0, 0.05) is 22.3 Å². The molecule has 2 amide bonds. The van der Waals surface area contributed by atoms with Crippen LogP contribution in [-0.4, -0.2) is 16.9 Å². The van der Waals surface area contributed by atoms with Crippen LogP contribution in [0.5, 0.6) is 0 Å². The Balaban J connectivity index is 1.90. The summed E-state index contributed by atoms with van der Waals surface area (Å²) >= 11 is 8.51. The second kappa shape index (κ2) is 9.45. The molecule has 7 heteroatoms. The van der Waals surface area contributed by atoms with Gasteiger partial charge in [0.05, 0.1) is 5.56 Å². The molecule has 2 aromatic carbocycles. The number of benzene rings is 2. The van der Waals surface area contributed by atoms with Crippen LogP contribution in [0.1, 0.15) is 30.6 Å². The van der Waals surface area contributed by atoms with Crippen molar-refractivity contribution >= 4 is 56.4 Å². The number of thiocarbonyl (C=S) groups is 1. The summed E-state index contributed by atoms with van der Waals surface area (Å²) in [5.74, 6) is -0.00829. The molecule has 0 heterocycles. The Morgan fingerprint density at radius 2 is 1.58 bits per heavy atom. The first-order valence-corrected chi connectivity index (χ1v) is 9.32. The van der Waals surface area contributed by atoms with Crippen LogP contribution in [0.3, 0.4) is 0 Å². The SMILES string of the molecule is CC(C)CC(=O)Nc1ccc(NC(=S)NC(=O)c2ccccc2Br)cc1. The third-order valence-corrected chi connectivity index (χ3v) is 4.26. The van der Waals surface area contributed by atoms with Gasteiger partial charge in [0.15, 0.2) is 5.11 Å². The molecule has 0 spiro atoms. The molecule has 0 atom stereocenters. The number of halogens is 1. The van der Waals surface area contributed by atoms with Gasteiger partial charge in [-0.15, -0.1) is 0 Å². The average molecular weight is 434 g/mol. The average Bonchev–Trinajstić information content (AvgIpc) is 2.56. The van der Waals surface area contributed by atoms with Crippen molar-refractivity contribution in [1.29, 1.82) is 0 Å². The fourth-order valence-corrected chi connectivity index (χ4v) is 2.87. The summed E-state index contributed by atoms with van der Waals surface area (Å²) < 4.78 is 0.696. The van der Waals surface area contributed by atoms with Gasteiger partial charge in [-0.05, 0) is 70.5 Å². The van der Waals surface area contributed by atoms with Gasteiger partial charge in [-0.3, -0.25) is 14.9 Å². The molecule has 0 unspecified atom stereocenters. The smallest absolute Gasteiger partial charge is 0.258 e. The number of hydrogen-bond donors (Lipinski definition) is 3. The highest BCUT2D eigenvalue weighted by Crippen LogP contribution is 2.16. The minimum atomic E-state index is -0.299. The molecular formula is C19H20BrN3O2S. The first kappa shape index (κ1) is 20.1. The van der Waals surface area contributed by atoms with Crippen molar-refractivity contribution in [3.8, 4) is 0 Å². The minimum Gasteiger partial charge on any atom is -0.332 e. The number of hydrogen-bond acceptors (Lipinski definition) is 3. The van der Waals surface area contributed by atoms with Gasteiger partial charge in [-0.1, -0.05) is 26.0 Å². The quantitative estimate of drug-likeness (QED) is 0.604. The van der Waals surface area contributed by atoms with E-state index in [1.165, 1.54) is 0 Å². The topological polar surface area (TPSA) is 70.2 Å². The normalized spacial score (nSPS) is 10.3. The molecule has 0 aliphatic carbocycles. The van der Waals surface area contributed by atoms with Gasteiger partial charge in [-0.25, -0.2) is 0 Å². The van der Waals surface area contributed by atoms with Crippen LogP contribution in [0.25, 0.3) is 0 Å². The summed E-state index contributed by atoms with van der Waals surface area (Å²) in [4.78, 5) is 24.0. The van der Waals surface area contributed by atoms with Gasteiger partial charge in [0.1, 0.15) is 0 Å². The van der Waals surface area contributed by atoms with Gasteiger partial charge in [0.25, 0.3) is 5.91 Å². The Labute approximate surface area is 166 Å².